The van der Waals surface area contributed by atoms with Gasteiger partial charge in [0.05, 0.1) is 18.8 Å². The molecule has 7 heteroatoms. The van der Waals surface area contributed by atoms with E-state index in [0.29, 0.717) is 40.6 Å². The fourth-order valence-corrected chi connectivity index (χ4v) is 12.1. The highest BCUT2D eigenvalue weighted by atomic mass is 16.7. The van der Waals surface area contributed by atoms with Crippen LogP contribution in [0.15, 0.2) is 48.1 Å². The molecule has 4 aliphatic carbocycles. The first-order valence-corrected chi connectivity index (χ1v) is 20.3. The number of aliphatic hydroxyl groups excluding tert-OH is 1. The van der Waals surface area contributed by atoms with Crippen LogP contribution in [-0.2, 0) is 14.3 Å². The molecule has 1 N–H and O–H groups in total. The van der Waals surface area contributed by atoms with Crippen molar-refractivity contribution in [2.24, 2.45) is 46.3 Å². The fraction of sp³-hybridized carbons (Fsp3) is 0.705. The summed E-state index contributed by atoms with van der Waals surface area (Å²) in [7, 11) is 0. The maximum absolute atomic E-state index is 11.9. The molecule has 11 unspecified atom stereocenters. The number of fused-ring (bicyclic) bond motifs is 8. The third kappa shape index (κ3) is 6.41. The van der Waals surface area contributed by atoms with Crippen molar-refractivity contribution >= 4 is 12.0 Å². The lowest BCUT2D eigenvalue weighted by molar-refractivity contribution is -0.272. The highest BCUT2D eigenvalue weighted by Crippen LogP contribution is 2.69. The number of benzene rings is 1. The molecule has 8 aliphatic rings. The molecule has 51 heavy (non-hydrogen) atoms. The van der Waals surface area contributed by atoms with E-state index in [2.05, 4.69) is 33.8 Å². The van der Waals surface area contributed by atoms with Crippen molar-refractivity contribution in [2.75, 3.05) is 26.5 Å². The number of nitrogens with zero attached hydrogens (tertiary/aromatic N) is 1. The van der Waals surface area contributed by atoms with E-state index < -0.39 is 0 Å². The molecule has 1 spiro atoms. The number of amides is 1. The van der Waals surface area contributed by atoms with Crippen LogP contribution in [0.4, 0.5) is 0 Å². The third-order valence-corrected chi connectivity index (χ3v) is 15.0. The maximum atomic E-state index is 11.9. The second-order valence-corrected chi connectivity index (χ2v) is 17.9. The summed E-state index contributed by atoms with van der Waals surface area (Å²) in [4.78, 5) is 13.8. The first-order valence-electron chi connectivity index (χ1n) is 20.3. The minimum absolute atomic E-state index is 0.0661. The topological polar surface area (TPSA) is 77.5 Å². The average Bonchev–Trinajstić information content (AvgIpc) is 3.80. The van der Waals surface area contributed by atoms with Crippen molar-refractivity contribution < 1.29 is 28.8 Å². The first kappa shape index (κ1) is 35.4. The molecule has 0 bridgehead atoms. The number of carbonyl (C=O) groups excluding carboxylic acids is 1. The second kappa shape index (κ2) is 14.0. The summed E-state index contributed by atoms with van der Waals surface area (Å²) in [5, 5.41) is 10.3. The van der Waals surface area contributed by atoms with E-state index in [0.717, 1.165) is 80.7 Å². The van der Waals surface area contributed by atoms with Crippen LogP contribution in [0.5, 0.6) is 11.5 Å². The molecule has 1 amide bonds. The number of hydrogen-bond donors (Lipinski definition) is 1. The van der Waals surface area contributed by atoms with Crippen LogP contribution in [0.1, 0.15) is 110 Å². The van der Waals surface area contributed by atoms with Crippen molar-refractivity contribution in [2.45, 2.75) is 123 Å². The van der Waals surface area contributed by atoms with Crippen molar-refractivity contribution in [3.8, 4) is 11.5 Å². The molecule has 6 fully saturated rings. The van der Waals surface area contributed by atoms with Gasteiger partial charge in [-0.15, -0.1) is 0 Å². The Bertz CT molecular complexity index is 1540. The fourth-order valence-electron chi connectivity index (χ4n) is 12.1. The number of ether oxygens (including phenoxy) is 4. The minimum Gasteiger partial charge on any atom is -0.454 e. The Hall–Kier alpha value is -2.61. The number of piperidine rings is 1. The molecular weight excluding hydrogens is 638 g/mol. The molecule has 0 radical (unpaired) electrons. The van der Waals surface area contributed by atoms with Gasteiger partial charge in [-0.3, -0.25) is 4.79 Å². The molecule has 4 heterocycles. The lowest BCUT2D eigenvalue weighted by Gasteiger charge is -2.57. The van der Waals surface area contributed by atoms with Gasteiger partial charge >= 0.3 is 0 Å². The maximum Gasteiger partial charge on any atom is 0.246 e. The molecule has 0 aromatic heterocycles. The summed E-state index contributed by atoms with van der Waals surface area (Å²) in [6, 6.07) is 5.79. The number of likely N-dealkylation sites (tertiary alicyclic amines) is 1. The predicted molar refractivity (Wildman–Crippen MR) is 199 cm³/mol. The highest BCUT2D eigenvalue weighted by molar-refractivity contribution is 5.88. The smallest absolute Gasteiger partial charge is 0.246 e. The normalized spacial score (nSPS) is 42.5. The van der Waals surface area contributed by atoms with Crippen LogP contribution in [0.3, 0.4) is 0 Å². The van der Waals surface area contributed by atoms with Crippen molar-refractivity contribution in [3.63, 3.8) is 0 Å². The number of hydrogen-bond acceptors (Lipinski definition) is 6. The van der Waals surface area contributed by atoms with Crippen LogP contribution >= 0.6 is 0 Å². The summed E-state index contributed by atoms with van der Waals surface area (Å²) >= 11 is 0. The molecule has 7 nitrogen and oxygen atoms in total. The molecule has 278 valence electrons. The molecule has 3 saturated heterocycles. The van der Waals surface area contributed by atoms with Gasteiger partial charge in [-0.05, 0) is 129 Å². The molecular formula is C44H61NO6. The molecule has 11 atom stereocenters. The summed E-state index contributed by atoms with van der Waals surface area (Å²) in [6.45, 7) is 12.8. The second-order valence-electron chi connectivity index (χ2n) is 17.9. The zero-order valence-corrected chi connectivity index (χ0v) is 31.5. The molecule has 1 aromatic carbocycles. The third-order valence-electron chi connectivity index (χ3n) is 15.0. The highest BCUT2D eigenvalue weighted by Gasteiger charge is 2.67. The number of rotatable bonds is 3. The Labute approximate surface area is 305 Å². The van der Waals surface area contributed by atoms with E-state index in [1.165, 1.54) is 44.9 Å². The number of aliphatic hydroxyl groups is 1. The van der Waals surface area contributed by atoms with E-state index in [1.54, 1.807) is 17.7 Å². The van der Waals surface area contributed by atoms with Gasteiger partial charge in [-0.1, -0.05) is 63.6 Å². The Kier molecular flexibility index (Phi) is 9.71. The SMILES string of the molecule is CC1CCC2(OC1)OC1CC3C4CCC5CC(O)CCC5(C)C4=CCC3(C)C1C2C.O=C(C=CC=Cc1ccc2c(c1)OCO2)N1CCCCC1. The number of carbonyl (C=O) groups is 1. The van der Waals surface area contributed by atoms with Gasteiger partial charge < -0.3 is 29.0 Å². The van der Waals surface area contributed by atoms with Gasteiger partial charge in [0.2, 0.25) is 12.7 Å². The van der Waals surface area contributed by atoms with Crippen LogP contribution < -0.4 is 9.47 Å². The molecule has 4 aliphatic heterocycles. The molecule has 1 aromatic rings. The van der Waals surface area contributed by atoms with Crippen LogP contribution in [0, 0.1) is 46.3 Å². The van der Waals surface area contributed by atoms with Gasteiger partial charge in [0.25, 0.3) is 0 Å². The van der Waals surface area contributed by atoms with Crippen molar-refractivity contribution in [3.05, 3.63) is 53.6 Å². The zero-order valence-electron chi connectivity index (χ0n) is 31.5. The first-order chi connectivity index (χ1) is 24.6. The van der Waals surface area contributed by atoms with Crippen molar-refractivity contribution in [1.82, 2.24) is 4.90 Å². The van der Waals surface area contributed by atoms with E-state index in [9.17, 15) is 9.90 Å². The summed E-state index contributed by atoms with van der Waals surface area (Å²) in [6.07, 6.45) is 24.3. The monoisotopic (exact) mass is 699 g/mol. The van der Waals surface area contributed by atoms with E-state index in [4.69, 9.17) is 18.9 Å². The minimum atomic E-state index is -0.303. The van der Waals surface area contributed by atoms with Crippen LogP contribution in [0.25, 0.3) is 6.08 Å². The Morgan fingerprint density at radius 3 is 2.59 bits per heavy atom. The largest absolute Gasteiger partial charge is 0.454 e. The van der Waals surface area contributed by atoms with Gasteiger partial charge in [-0.2, -0.15) is 0 Å². The summed E-state index contributed by atoms with van der Waals surface area (Å²) in [5.74, 6) is 5.33. The van der Waals surface area contributed by atoms with Crippen molar-refractivity contribution in [1.29, 1.82) is 0 Å². The van der Waals surface area contributed by atoms with Crippen LogP contribution in [0.2, 0.25) is 0 Å². The lowest BCUT2D eigenvalue weighted by Crippen LogP contribution is -2.50. The van der Waals surface area contributed by atoms with Gasteiger partial charge in [-0.25, -0.2) is 0 Å². The van der Waals surface area contributed by atoms with Gasteiger partial charge in [0.1, 0.15) is 0 Å². The summed E-state index contributed by atoms with van der Waals surface area (Å²) < 4.78 is 23.9. The van der Waals surface area contributed by atoms with Gasteiger partial charge in [0.15, 0.2) is 17.3 Å². The molecule has 9 rings (SSSR count). The predicted octanol–water partition coefficient (Wildman–Crippen LogP) is 8.71. The van der Waals surface area contributed by atoms with Gasteiger partial charge in [0, 0.05) is 31.5 Å². The zero-order chi connectivity index (χ0) is 35.4. The van der Waals surface area contributed by atoms with E-state index in [1.807, 2.05) is 35.3 Å². The quantitative estimate of drug-likeness (QED) is 0.193. The Morgan fingerprint density at radius 2 is 1.78 bits per heavy atom. The van der Waals surface area contributed by atoms with Crippen LogP contribution in [-0.4, -0.2) is 60.4 Å². The summed E-state index contributed by atoms with van der Waals surface area (Å²) in [5.41, 5.74) is 3.48. The molecule has 3 saturated carbocycles. The Morgan fingerprint density at radius 1 is 0.961 bits per heavy atom. The average molecular weight is 700 g/mol. The van der Waals surface area contributed by atoms with E-state index >= 15 is 0 Å². The number of allylic oxidation sites excluding steroid dienone is 4. The van der Waals surface area contributed by atoms with E-state index in [-0.39, 0.29) is 24.6 Å². The standard InChI is InChI=1S/C27H42O3.C17H19NO3/c1-16-7-12-27(29-15-16)17(2)24-23(30-27)14-22-20-6-5-18-13-19(28)8-10-25(18,3)21(20)9-11-26(22,24)4;19-17(18-10-4-1-5-11-18)7-3-2-6-14-8-9-15-16(12-14)21-13-20-15/h9,16-20,22-24,28H,5-8,10-15H2,1-4H3;2-3,6-9,12H,1,4-5,10-11,13H2. The Balaban J connectivity index is 0.000000157. The lowest BCUT2D eigenvalue weighted by atomic mass is 9.48.